The molecule has 0 aliphatic carbocycles. The van der Waals surface area contributed by atoms with E-state index in [4.69, 9.17) is 4.74 Å². The second-order valence-electron chi connectivity index (χ2n) is 4.94. The number of hydrogen-bond acceptors (Lipinski definition) is 2. The third kappa shape index (κ3) is 7.32. The Morgan fingerprint density at radius 2 is 1.88 bits per heavy atom. The van der Waals surface area contributed by atoms with Gasteiger partial charge in [-0.3, -0.25) is 4.79 Å². The summed E-state index contributed by atoms with van der Waals surface area (Å²) in [6.45, 7) is 3.90. The van der Waals surface area contributed by atoms with Crippen molar-refractivity contribution in [2.24, 2.45) is 5.92 Å². The van der Waals surface area contributed by atoms with Gasteiger partial charge in [0, 0.05) is 19.6 Å². The Balaban J connectivity index is 2.05. The number of rotatable bonds is 8. The van der Waals surface area contributed by atoms with Gasteiger partial charge in [0.05, 0.1) is 0 Å². The summed E-state index contributed by atoms with van der Waals surface area (Å²) in [4.78, 5) is 11.6. The van der Waals surface area contributed by atoms with Crippen molar-refractivity contribution in [2.45, 2.75) is 58.3 Å². The van der Waals surface area contributed by atoms with Crippen molar-refractivity contribution in [3.05, 3.63) is 12.2 Å². The lowest BCUT2D eigenvalue weighted by molar-refractivity contribution is -0.114. The number of ether oxygens (including phenoxy) is 1. The van der Waals surface area contributed by atoms with Crippen LogP contribution in [-0.4, -0.2) is 19.0 Å². The summed E-state index contributed by atoms with van der Waals surface area (Å²) < 4.78 is 5.29. The molecule has 1 heterocycles. The van der Waals surface area contributed by atoms with Gasteiger partial charge in [-0.2, -0.15) is 0 Å². The number of unbranched alkanes of at least 4 members (excludes halogenated alkanes) is 4. The minimum absolute atomic E-state index is 0.299. The topological polar surface area (TPSA) is 26.3 Å². The summed E-state index contributed by atoms with van der Waals surface area (Å²) in [5.74, 6) is 0.862. The second-order valence-corrected chi connectivity index (χ2v) is 4.94. The van der Waals surface area contributed by atoms with Gasteiger partial charge in [0.15, 0.2) is 5.78 Å². The van der Waals surface area contributed by atoms with Gasteiger partial charge < -0.3 is 4.74 Å². The van der Waals surface area contributed by atoms with Crippen molar-refractivity contribution >= 4 is 5.78 Å². The summed E-state index contributed by atoms with van der Waals surface area (Å²) in [6, 6.07) is 0. The van der Waals surface area contributed by atoms with Gasteiger partial charge in [-0.1, -0.05) is 38.7 Å². The molecule has 0 atom stereocenters. The SMILES string of the molecule is CCCCCCCC(=O)C=CC1CCOCC1. The predicted molar refractivity (Wildman–Crippen MR) is 71.1 cm³/mol. The van der Waals surface area contributed by atoms with E-state index in [0.717, 1.165) is 38.9 Å². The van der Waals surface area contributed by atoms with E-state index in [-0.39, 0.29) is 0 Å². The van der Waals surface area contributed by atoms with Crippen LogP contribution >= 0.6 is 0 Å². The van der Waals surface area contributed by atoms with Gasteiger partial charge in [0.2, 0.25) is 0 Å². The van der Waals surface area contributed by atoms with Crippen molar-refractivity contribution in [1.29, 1.82) is 0 Å². The molecule has 1 aliphatic heterocycles. The number of allylic oxidation sites excluding steroid dienone is 2. The Kier molecular flexibility index (Phi) is 7.98. The molecule has 0 saturated carbocycles. The minimum atomic E-state index is 0.299. The van der Waals surface area contributed by atoms with Crippen molar-refractivity contribution < 1.29 is 9.53 Å². The van der Waals surface area contributed by atoms with Gasteiger partial charge in [0.25, 0.3) is 0 Å². The number of ketones is 1. The molecule has 0 amide bonds. The molecule has 1 fully saturated rings. The Morgan fingerprint density at radius 1 is 1.18 bits per heavy atom. The molecule has 2 nitrogen and oxygen atoms in total. The molecule has 0 aromatic rings. The van der Waals surface area contributed by atoms with Crippen LogP contribution in [0.3, 0.4) is 0 Å². The van der Waals surface area contributed by atoms with Crippen LogP contribution in [0.15, 0.2) is 12.2 Å². The molecular weight excluding hydrogens is 212 g/mol. The fourth-order valence-electron chi connectivity index (χ4n) is 2.14. The van der Waals surface area contributed by atoms with E-state index >= 15 is 0 Å². The maximum atomic E-state index is 11.6. The van der Waals surface area contributed by atoms with Crippen LogP contribution < -0.4 is 0 Å². The molecule has 0 N–H and O–H groups in total. The third-order valence-electron chi connectivity index (χ3n) is 3.35. The average Bonchev–Trinajstić information content (AvgIpc) is 2.37. The molecule has 0 spiro atoms. The largest absolute Gasteiger partial charge is 0.381 e. The molecule has 0 unspecified atom stereocenters. The second kappa shape index (κ2) is 9.41. The zero-order chi connectivity index (χ0) is 12.3. The average molecular weight is 238 g/mol. The molecule has 17 heavy (non-hydrogen) atoms. The van der Waals surface area contributed by atoms with Crippen molar-refractivity contribution in [3.63, 3.8) is 0 Å². The summed E-state index contributed by atoms with van der Waals surface area (Å²) in [7, 11) is 0. The third-order valence-corrected chi connectivity index (χ3v) is 3.35. The molecule has 98 valence electrons. The van der Waals surface area contributed by atoms with Gasteiger partial charge in [-0.15, -0.1) is 0 Å². The molecule has 0 bridgehead atoms. The first-order valence-corrected chi connectivity index (χ1v) is 7.11. The Hall–Kier alpha value is -0.630. The summed E-state index contributed by atoms with van der Waals surface area (Å²) >= 11 is 0. The molecule has 1 rings (SSSR count). The molecule has 0 radical (unpaired) electrons. The van der Waals surface area contributed by atoms with Crippen LogP contribution in [0.25, 0.3) is 0 Å². The minimum Gasteiger partial charge on any atom is -0.381 e. The lowest BCUT2D eigenvalue weighted by Crippen LogP contribution is -2.13. The molecular formula is C15H26O2. The van der Waals surface area contributed by atoms with E-state index in [2.05, 4.69) is 13.0 Å². The van der Waals surface area contributed by atoms with Crippen LogP contribution in [-0.2, 0) is 9.53 Å². The van der Waals surface area contributed by atoms with Gasteiger partial charge >= 0.3 is 0 Å². The van der Waals surface area contributed by atoms with E-state index in [1.807, 2.05) is 0 Å². The quantitative estimate of drug-likeness (QED) is 0.473. The molecule has 0 aromatic heterocycles. The van der Waals surface area contributed by atoms with E-state index < -0.39 is 0 Å². The van der Waals surface area contributed by atoms with Gasteiger partial charge in [-0.05, 0) is 31.3 Å². The Bertz CT molecular complexity index is 227. The van der Waals surface area contributed by atoms with Crippen molar-refractivity contribution in [3.8, 4) is 0 Å². The zero-order valence-electron chi connectivity index (χ0n) is 11.1. The van der Waals surface area contributed by atoms with E-state index in [9.17, 15) is 4.79 Å². The Labute approximate surface area is 105 Å². The first-order valence-electron chi connectivity index (χ1n) is 7.11. The van der Waals surface area contributed by atoms with E-state index in [0.29, 0.717) is 11.7 Å². The van der Waals surface area contributed by atoms with Crippen molar-refractivity contribution in [2.75, 3.05) is 13.2 Å². The maximum absolute atomic E-state index is 11.6. The summed E-state index contributed by atoms with van der Waals surface area (Å²) in [6.07, 6.45) is 12.8. The van der Waals surface area contributed by atoms with Crippen molar-refractivity contribution in [1.82, 2.24) is 0 Å². The maximum Gasteiger partial charge on any atom is 0.155 e. The highest BCUT2D eigenvalue weighted by Gasteiger charge is 2.10. The molecule has 2 heteroatoms. The van der Waals surface area contributed by atoms with Crippen LogP contribution in [0.4, 0.5) is 0 Å². The lowest BCUT2D eigenvalue weighted by atomic mass is 9.99. The highest BCUT2D eigenvalue weighted by atomic mass is 16.5. The van der Waals surface area contributed by atoms with Crippen LogP contribution in [0.1, 0.15) is 58.3 Å². The first-order chi connectivity index (χ1) is 8.33. The van der Waals surface area contributed by atoms with E-state index in [1.54, 1.807) is 6.08 Å². The number of carbonyl (C=O) groups excluding carboxylic acids is 1. The smallest absolute Gasteiger partial charge is 0.155 e. The monoisotopic (exact) mass is 238 g/mol. The fourth-order valence-corrected chi connectivity index (χ4v) is 2.14. The van der Waals surface area contributed by atoms with Gasteiger partial charge in [0.1, 0.15) is 0 Å². The normalized spacial score (nSPS) is 17.7. The van der Waals surface area contributed by atoms with Crippen LogP contribution in [0, 0.1) is 5.92 Å². The lowest BCUT2D eigenvalue weighted by Gasteiger charge is -2.18. The van der Waals surface area contributed by atoms with Gasteiger partial charge in [-0.25, -0.2) is 0 Å². The highest BCUT2D eigenvalue weighted by Crippen LogP contribution is 2.16. The van der Waals surface area contributed by atoms with E-state index in [1.165, 1.54) is 25.7 Å². The standard InChI is InChI=1S/C15H26O2/c1-2-3-4-5-6-7-15(16)9-8-14-10-12-17-13-11-14/h8-9,14H,2-7,10-13H2,1H3. The summed E-state index contributed by atoms with van der Waals surface area (Å²) in [5, 5.41) is 0. The summed E-state index contributed by atoms with van der Waals surface area (Å²) in [5.41, 5.74) is 0. The molecule has 0 aromatic carbocycles. The van der Waals surface area contributed by atoms with Crippen LogP contribution in [0.2, 0.25) is 0 Å². The molecule has 1 saturated heterocycles. The Morgan fingerprint density at radius 3 is 2.59 bits per heavy atom. The van der Waals surface area contributed by atoms with Crippen LogP contribution in [0.5, 0.6) is 0 Å². The predicted octanol–water partition coefficient (Wildman–Crippen LogP) is 3.90. The zero-order valence-corrected chi connectivity index (χ0v) is 11.1. The number of carbonyl (C=O) groups is 1. The first kappa shape index (κ1) is 14.4. The number of hydrogen-bond donors (Lipinski definition) is 0. The fraction of sp³-hybridized carbons (Fsp3) is 0.800. The molecule has 1 aliphatic rings. The highest BCUT2D eigenvalue weighted by molar-refractivity contribution is 5.89.